The molecule has 4 atom stereocenters. The van der Waals surface area contributed by atoms with E-state index in [1.54, 1.807) is 0 Å². The van der Waals surface area contributed by atoms with Crippen LogP contribution >= 0.6 is 7.82 Å². The van der Waals surface area contributed by atoms with Gasteiger partial charge in [-0.15, -0.1) is 0 Å². The summed E-state index contributed by atoms with van der Waals surface area (Å²) in [4.78, 5) is 36.4. The summed E-state index contributed by atoms with van der Waals surface area (Å²) in [6.45, 7) is -0.687. The Kier molecular flexibility index (Phi) is 5.35. The number of ether oxygens (including phenoxy) is 1. The van der Waals surface area contributed by atoms with Gasteiger partial charge in [0.1, 0.15) is 18.3 Å². The molecule has 2 rings (SSSR count). The number of rotatable bonds is 5. The summed E-state index contributed by atoms with van der Waals surface area (Å²) in [6.07, 6.45) is -4.50. The highest BCUT2D eigenvalue weighted by molar-refractivity contribution is 7.46. The van der Waals surface area contributed by atoms with Gasteiger partial charge in [0.2, 0.25) is 0 Å². The van der Waals surface area contributed by atoms with E-state index >= 15 is 0 Å². The summed E-state index contributed by atoms with van der Waals surface area (Å²) >= 11 is 0. The third-order valence-electron chi connectivity index (χ3n) is 3.08. The third-order valence-corrected chi connectivity index (χ3v) is 3.56. The van der Waals surface area contributed by atoms with Crippen molar-refractivity contribution in [2.75, 3.05) is 6.61 Å². The number of nitrogens with zero attached hydrogens (tertiary/aromatic N) is 3. The molecule has 0 bridgehead atoms. The van der Waals surface area contributed by atoms with Crippen LogP contribution in [0.5, 0.6) is 0 Å². The topological polar surface area (TPSA) is 216 Å². The molecule has 134 valence electrons. The maximum Gasteiger partial charge on any atom is 0.469 e. The highest BCUT2D eigenvalue weighted by Crippen LogP contribution is 2.38. The molecule has 1 aromatic rings. The molecule has 0 aromatic carbocycles. The van der Waals surface area contributed by atoms with Gasteiger partial charge >= 0.3 is 13.5 Å². The van der Waals surface area contributed by atoms with Gasteiger partial charge in [-0.05, 0) is 6.07 Å². The first-order chi connectivity index (χ1) is 11.1. The molecule has 14 heteroatoms. The third kappa shape index (κ3) is 4.36. The van der Waals surface area contributed by atoms with Gasteiger partial charge < -0.3 is 36.2 Å². The molecule has 0 unspecified atom stereocenters. The maximum atomic E-state index is 12.0. The fourth-order valence-electron chi connectivity index (χ4n) is 2.06. The van der Waals surface area contributed by atoms with Crippen LogP contribution in [0.15, 0.2) is 22.1 Å². The van der Waals surface area contributed by atoms with Gasteiger partial charge in [0.15, 0.2) is 18.0 Å². The lowest BCUT2D eigenvalue weighted by atomic mass is 10.1. The Bertz CT molecular complexity index is 728. The van der Waals surface area contributed by atoms with E-state index in [2.05, 4.69) is 14.5 Å². The lowest BCUT2D eigenvalue weighted by Gasteiger charge is -2.17. The predicted molar refractivity (Wildman–Crippen MR) is 77.9 cm³/mol. The number of aliphatic imine (C=N–C) groups is 1. The van der Waals surface area contributed by atoms with Crippen molar-refractivity contribution in [3.05, 3.63) is 22.7 Å². The predicted octanol–water partition coefficient (Wildman–Crippen LogP) is -3.12. The Morgan fingerprint density at radius 2 is 2.08 bits per heavy atom. The van der Waals surface area contributed by atoms with Gasteiger partial charge in [-0.25, -0.2) is 9.36 Å². The van der Waals surface area contributed by atoms with E-state index in [1.165, 1.54) is 12.3 Å². The zero-order valence-electron chi connectivity index (χ0n) is 12.0. The zero-order valence-corrected chi connectivity index (χ0v) is 12.9. The lowest BCUT2D eigenvalue weighted by molar-refractivity contribution is -0.0542. The van der Waals surface area contributed by atoms with Gasteiger partial charge in [-0.2, -0.15) is 9.98 Å². The first-order valence-corrected chi connectivity index (χ1v) is 8.02. The molecular formula is C10H16N5O8P. The van der Waals surface area contributed by atoms with Gasteiger partial charge in [-0.1, -0.05) is 0 Å². The van der Waals surface area contributed by atoms with Gasteiger partial charge in [0.05, 0.1) is 6.61 Å². The molecular weight excluding hydrogens is 349 g/mol. The molecule has 0 saturated carbocycles. The SMILES string of the molecule is NC(N)=Nc1ccn([C@@H]2O[C@H](COP(=O)(O)O)[C@H](O)[C@@H]2O)c(=O)n1. The number of aliphatic hydroxyl groups is 2. The number of guanidine groups is 1. The second-order valence-electron chi connectivity index (χ2n) is 4.84. The maximum absolute atomic E-state index is 12.0. The first-order valence-electron chi connectivity index (χ1n) is 6.49. The standard InChI is InChI=1S/C10H16N5O8P/c11-9(12)13-5-1-2-15(10(18)14-5)8-7(17)6(16)4(23-8)3-22-24(19,20)21/h1-2,4,6-8,16-17H,3H2,(H2,19,20,21)(H4,11,12,13,14,18)/t4-,6+,7+,8-/m1/s1. The average molecular weight is 365 g/mol. The van der Waals surface area contributed by atoms with Crippen molar-refractivity contribution < 1.29 is 33.8 Å². The summed E-state index contributed by atoms with van der Waals surface area (Å²) in [5, 5.41) is 19.8. The van der Waals surface area contributed by atoms with Crippen molar-refractivity contribution in [1.82, 2.24) is 9.55 Å². The fourth-order valence-corrected chi connectivity index (χ4v) is 2.40. The van der Waals surface area contributed by atoms with Gasteiger partial charge in [0.25, 0.3) is 0 Å². The van der Waals surface area contributed by atoms with Crippen LogP contribution in [0.1, 0.15) is 6.23 Å². The first kappa shape index (κ1) is 18.5. The van der Waals surface area contributed by atoms with E-state index in [0.29, 0.717) is 0 Å². The van der Waals surface area contributed by atoms with Crippen LogP contribution in [0.4, 0.5) is 5.82 Å². The molecule has 0 radical (unpaired) electrons. The van der Waals surface area contributed by atoms with Crippen LogP contribution in [0, 0.1) is 0 Å². The molecule has 24 heavy (non-hydrogen) atoms. The Morgan fingerprint density at radius 3 is 2.62 bits per heavy atom. The Hall–Kier alpha value is -1.86. The van der Waals surface area contributed by atoms with E-state index in [1.807, 2.05) is 0 Å². The van der Waals surface area contributed by atoms with Crippen molar-refractivity contribution in [3.8, 4) is 0 Å². The number of hydrogen-bond acceptors (Lipinski definition) is 8. The molecule has 8 N–H and O–H groups in total. The minimum Gasteiger partial charge on any atom is -0.387 e. The molecule has 2 heterocycles. The molecule has 1 aromatic heterocycles. The number of nitrogens with two attached hydrogens (primary N) is 2. The highest BCUT2D eigenvalue weighted by Gasteiger charge is 2.44. The van der Waals surface area contributed by atoms with Gasteiger partial charge in [0, 0.05) is 6.20 Å². The molecule has 1 fully saturated rings. The number of phosphoric acid groups is 1. The number of phosphoric ester groups is 1. The summed E-state index contributed by atoms with van der Waals surface area (Å²) in [5.74, 6) is -0.368. The Labute approximate surface area is 134 Å². The van der Waals surface area contributed by atoms with Crippen LogP contribution in [-0.4, -0.2) is 60.4 Å². The zero-order chi connectivity index (χ0) is 18.1. The van der Waals surface area contributed by atoms with Crippen molar-refractivity contribution in [2.45, 2.75) is 24.5 Å². The summed E-state index contributed by atoms with van der Waals surface area (Å²) in [6, 6.07) is 1.27. The van der Waals surface area contributed by atoms with Crippen molar-refractivity contribution in [2.24, 2.45) is 16.5 Å². The summed E-state index contributed by atoms with van der Waals surface area (Å²) < 4.78 is 21.0. The number of hydrogen-bond donors (Lipinski definition) is 6. The van der Waals surface area contributed by atoms with E-state index in [4.69, 9.17) is 26.0 Å². The number of aromatic nitrogens is 2. The Morgan fingerprint density at radius 1 is 1.42 bits per heavy atom. The monoisotopic (exact) mass is 365 g/mol. The van der Waals surface area contributed by atoms with E-state index in [0.717, 1.165) is 4.57 Å². The highest BCUT2D eigenvalue weighted by atomic mass is 31.2. The van der Waals surface area contributed by atoms with E-state index in [9.17, 15) is 19.6 Å². The Balaban J connectivity index is 2.19. The van der Waals surface area contributed by atoms with E-state index < -0.39 is 44.7 Å². The largest absolute Gasteiger partial charge is 0.469 e. The minimum atomic E-state index is -4.78. The summed E-state index contributed by atoms with van der Waals surface area (Å²) in [5.41, 5.74) is 9.46. The fraction of sp³-hybridized carbons (Fsp3) is 0.500. The van der Waals surface area contributed by atoms with Crippen LogP contribution in [0.2, 0.25) is 0 Å². The van der Waals surface area contributed by atoms with Gasteiger partial charge in [-0.3, -0.25) is 9.09 Å². The van der Waals surface area contributed by atoms with Crippen molar-refractivity contribution in [3.63, 3.8) is 0 Å². The van der Waals surface area contributed by atoms with Crippen LogP contribution in [0.25, 0.3) is 0 Å². The molecule has 0 amide bonds. The van der Waals surface area contributed by atoms with Crippen molar-refractivity contribution in [1.29, 1.82) is 0 Å². The van der Waals surface area contributed by atoms with Crippen LogP contribution in [-0.2, 0) is 13.8 Å². The molecule has 0 aliphatic carbocycles. The minimum absolute atomic E-state index is 0.0642. The molecule has 0 spiro atoms. The normalized spacial score (nSPS) is 27.2. The van der Waals surface area contributed by atoms with Crippen LogP contribution < -0.4 is 17.2 Å². The quantitative estimate of drug-likeness (QED) is 0.174. The lowest BCUT2D eigenvalue weighted by Crippen LogP contribution is -2.36. The van der Waals surface area contributed by atoms with Crippen molar-refractivity contribution >= 4 is 19.6 Å². The molecule has 1 aliphatic heterocycles. The number of aliphatic hydroxyl groups excluding tert-OH is 2. The second kappa shape index (κ2) is 6.94. The van der Waals surface area contributed by atoms with Crippen LogP contribution in [0.3, 0.4) is 0 Å². The average Bonchev–Trinajstić information content (AvgIpc) is 2.72. The van der Waals surface area contributed by atoms with E-state index in [-0.39, 0.29) is 11.8 Å². The molecule has 13 nitrogen and oxygen atoms in total. The summed E-state index contributed by atoms with van der Waals surface area (Å²) in [7, 11) is -4.78. The smallest absolute Gasteiger partial charge is 0.387 e. The second-order valence-corrected chi connectivity index (χ2v) is 6.08. The molecule has 1 aliphatic rings. The molecule has 1 saturated heterocycles.